The summed E-state index contributed by atoms with van der Waals surface area (Å²) in [6.07, 6.45) is 1.95. The van der Waals surface area contributed by atoms with Crippen molar-refractivity contribution >= 4 is 0 Å². The monoisotopic (exact) mass is 182 g/mol. The van der Waals surface area contributed by atoms with Crippen molar-refractivity contribution < 1.29 is 4.74 Å². The van der Waals surface area contributed by atoms with Crippen LogP contribution in [0.2, 0.25) is 0 Å². The van der Waals surface area contributed by atoms with Crippen molar-refractivity contribution in [3.05, 3.63) is 0 Å². The minimum absolute atomic E-state index is 0.242. The van der Waals surface area contributed by atoms with Crippen LogP contribution in [0.4, 0.5) is 0 Å². The van der Waals surface area contributed by atoms with E-state index in [1.807, 2.05) is 0 Å². The van der Waals surface area contributed by atoms with Gasteiger partial charge in [0.05, 0.1) is 12.7 Å². The predicted octanol–water partition coefficient (Wildman–Crippen LogP) is 1.30. The van der Waals surface area contributed by atoms with Gasteiger partial charge in [0.25, 0.3) is 0 Å². The molecule has 0 aliphatic carbocycles. The lowest BCUT2D eigenvalue weighted by atomic mass is 9.83. The van der Waals surface area contributed by atoms with Crippen LogP contribution in [-0.4, -0.2) is 25.8 Å². The molecular weight excluding hydrogens is 164 g/mol. The van der Waals surface area contributed by atoms with Gasteiger partial charge >= 0.3 is 0 Å². The van der Waals surface area contributed by atoms with Crippen molar-refractivity contribution in [2.45, 2.75) is 32.8 Å². The molecule has 1 unspecified atom stereocenters. The topological polar surface area (TPSA) is 45.0 Å². The molecule has 1 aliphatic heterocycles. The third-order valence-electron chi connectivity index (χ3n) is 3.06. The second-order valence-corrected chi connectivity index (χ2v) is 3.77. The Hall–Kier alpha value is -0.590. The van der Waals surface area contributed by atoms with Crippen molar-refractivity contribution in [1.82, 2.24) is 5.32 Å². The Labute approximate surface area is 80.1 Å². The molecule has 13 heavy (non-hydrogen) atoms. The van der Waals surface area contributed by atoms with E-state index in [2.05, 4.69) is 25.2 Å². The molecule has 0 spiro atoms. The summed E-state index contributed by atoms with van der Waals surface area (Å²) in [6, 6.07) is 2.15. The van der Waals surface area contributed by atoms with E-state index in [0.717, 1.165) is 19.4 Å². The Balaban J connectivity index is 2.57. The number of rotatable bonds is 2. The maximum atomic E-state index is 8.72. The zero-order valence-corrected chi connectivity index (χ0v) is 8.47. The number of ether oxygens (including phenoxy) is 1. The van der Waals surface area contributed by atoms with Crippen LogP contribution >= 0.6 is 0 Å². The first-order valence-electron chi connectivity index (χ1n) is 4.98. The van der Waals surface area contributed by atoms with Crippen molar-refractivity contribution in [1.29, 1.82) is 5.26 Å². The maximum Gasteiger partial charge on any atom is 0.156 e. The van der Waals surface area contributed by atoms with Gasteiger partial charge in [-0.2, -0.15) is 5.26 Å². The summed E-state index contributed by atoms with van der Waals surface area (Å²) in [7, 11) is 0. The quantitative estimate of drug-likeness (QED) is 0.700. The molecule has 3 nitrogen and oxygen atoms in total. The van der Waals surface area contributed by atoms with E-state index >= 15 is 0 Å². The van der Waals surface area contributed by atoms with E-state index in [-0.39, 0.29) is 11.5 Å². The molecule has 1 rings (SSSR count). The third kappa shape index (κ3) is 2.43. The Kier molecular flexibility index (Phi) is 3.71. The van der Waals surface area contributed by atoms with Crippen LogP contribution in [0, 0.1) is 16.7 Å². The molecule has 0 aromatic heterocycles. The number of nitrogens with one attached hydrogen (secondary N) is 1. The fraction of sp³-hybridized carbons (Fsp3) is 0.900. The standard InChI is InChI=1S/C10H18N2O/c1-3-10(4-2)7-12-6-9(5-11)13-8-10/h9,12H,3-4,6-8H2,1-2H3. The van der Waals surface area contributed by atoms with Gasteiger partial charge in [-0.15, -0.1) is 0 Å². The molecule has 0 aromatic rings. The van der Waals surface area contributed by atoms with Crippen LogP contribution in [-0.2, 0) is 4.74 Å². The molecule has 0 saturated carbocycles. The van der Waals surface area contributed by atoms with Gasteiger partial charge in [-0.25, -0.2) is 0 Å². The Morgan fingerprint density at radius 1 is 1.54 bits per heavy atom. The molecule has 74 valence electrons. The lowest BCUT2D eigenvalue weighted by Crippen LogP contribution is -2.34. The molecular formula is C10H18N2O. The average Bonchev–Trinajstić information content (AvgIpc) is 2.40. The summed E-state index contributed by atoms with van der Waals surface area (Å²) in [6.45, 7) is 6.71. The van der Waals surface area contributed by atoms with Crippen LogP contribution in [0.25, 0.3) is 0 Å². The summed E-state index contributed by atoms with van der Waals surface area (Å²) in [5, 5.41) is 12.0. The molecule has 0 bridgehead atoms. The first kappa shape index (κ1) is 10.5. The fourth-order valence-electron chi connectivity index (χ4n) is 1.64. The van der Waals surface area contributed by atoms with Gasteiger partial charge < -0.3 is 10.1 Å². The number of hydrogen-bond acceptors (Lipinski definition) is 3. The summed E-state index contributed by atoms with van der Waals surface area (Å²) >= 11 is 0. The molecule has 1 atom stereocenters. The molecule has 1 aliphatic rings. The molecule has 0 radical (unpaired) electrons. The number of hydrogen-bond donors (Lipinski definition) is 1. The SMILES string of the molecule is CCC1(CC)CNCC(C#N)OC1. The summed E-state index contributed by atoms with van der Waals surface area (Å²) < 4.78 is 5.53. The third-order valence-corrected chi connectivity index (χ3v) is 3.06. The number of nitriles is 1. The highest BCUT2D eigenvalue weighted by Gasteiger charge is 2.30. The highest BCUT2D eigenvalue weighted by atomic mass is 16.5. The molecule has 1 fully saturated rings. The summed E-state index contributed by atoms with van der Waals surface area (Å²) in [5.74, 6) is 0. The number of nitrogens with zero attached hydrogens (tertiary/aromatic N) is 1. The average molecular weight is 182 g/mol. The minimum Gasteiger partial charge on any atom is -0.361 e. The van der Waals surface area contributed by atoms with Crippen LogP contribution in [0.15, 0.2) is 0 Å². The normalized spacial score (nSPS) is 27.6. The van der Waals surface area contributed by atoms with Gasteiger partial charge in [0, 0.05) is 18.5 Å². The van der Waals surface area contributed by atoms with Crippen LogP contribution in [0.3, 0.4) is 0 Å². The van der Waals surface area contributed by atoms with Crippen LogP contribution in [0.5, 0.6) is 0 Å². The highest BCUT2D eigenvalue weighted by molar-refractivity contribution is 4.91. The Morgan fingerprint density at radius 3 is 2.77 bits per heavy atom. The van der Waals surface area contributed by atoms with E-state index in [0.29, 0.717) is 13.2 Å². The first-order chi connectivity index (χ1) is 6.26. The fourth-order valence-corrected chi connectivity index (χ4v) is 1.64. The minimum atomic E-state index is -0.264. The molecule has 0 aromatic carbocycles. The lowest BCUT2D eigenvalue weighted by molar-refractivity contribution is 0.0357. The largest absolute Gasteiger partial charge is 0.361 e. The molecule has 1 saturated heterocycles. The predicted molar refractivity (Wildman–Crippen MR) is 51.2 cm³/mol. The lowest BCUT2D eigenvalue weighted by Gasteiger charge is -2.29. The van der Waals surface area contributed by atoms with Gasteiger partial charge in [0.15, 0.2) is 6.10 Å². The van der Waals surface area contributed by atoms with Crippen molar-refractivity contribution in [3.8, 4) is 6.07 Å². The van der Waals surface area contributed by atoms with Gasteiger partial charge in [-0.1, -0.05) is 13.8 Å². The second-order valence-electron chi connectivity index (χ2n) is 3.77. The van der Waals surface area contributed by atoms with Crippen molar-refractivity contribution in [2.75, 3.05) is 19.7 Å². The summed E-state index contributed by atoms with van der Waals surface area (Å²) in [4.78, 5) is 0. The van der Waals surface area contributed by atoms with E-state index in [1.54, 1.807) is 0 Å². The Bertz CT molecular complexity index is 194. The van der Waals surface area contributed by atoms with E-state index in [9.17, 15) is 0 Å². The van der Waals surface area contributed by atoms with Gasteiger partial charge in [-0.3, -0.25) is 0 Å². The smallest absolute Gasteiger partial charge is 0.156 e. The maximum absolute atomic E-state index is 8.72. The van der Waals surface area contributed by atoms with Crippen molar-refractivity contribution in [2.24, 2.45) is 5.41 Å². The van der Waals surface area contributed by atoms with Crippen molar-refractivity contribution in [3.63, 3.8) is 0 Å². The zero-order valence-electron chi connectivity index (χ0n) is 8.47. The van der Waals surface area contributed by atoms with Crippen LogP contribution in [0.1, 0.15) is 26.7 Å². The van der Waals surface area contributed by atoms with Gasteiger partial charge in [0.2, 0.25) is 0 Å². The van der Waals surface area contributed by atoms with Gasteiger partial charge in [-0.05, 0) is 12.8 Å². The first-order valence-corrected chi connectivity index (χ1v) is 4.98. The summed E-state index contributed by atoms with van der Waals surface area (Å²) in [5.41, 5.74) is 0.242. The van der Waals surface area contributed by atoms with E-state index < -0.39 is 0 Å². The molecule has 1 heterocycles. The molecule has 0 amide bonds. The van der Waals surface area contributed by atoms with Gasteiger partial charge in [0.1, 0.15) is 0 Å². The highest BCUT2D eigenvalue weighted by Crippen LogP contribution is 2.27. The second kappa shape index (κ2) is 4.59. The van der Waals surface area contributed by atoms with E-state index in [4.69, 9.17) is 10.00 Å². The molecule has 1 N–H and O–H groups in total. The van der Waals surface area contributed by atoms with Crippen LogP contribution < -0.4 is 5.32 Å². The Morgan fingerprint density at radius 2 is 2.23 bits per heavy atom. The van der Waals surface area contributed by atoms with E-state index in [1.165, 1.54) is 0 Å². The molecule has 3 heteroatoms. The zero-order chi connectivity index (χ0) is 9.73.